The van der Waals surface area contributed by atoms with Crippen LogP contribution in [0.2, 0.25) is 0 Å². The molecule has 2 nitrogen and oxygen atoms in total. The van der Waals surface area contributed by atoms with Gasteiger partial charge in [-0.05, 0) is 32.9 Å². The Bertz CT molecular complexity index is 168. The molecule has 16 heavy (non-hydrogen) atoms. The van der Waals surface area contributed by atoms with Crippen LogP contribution >= 0.6 is 0 Å². The van der Waals surface area contributed by atoms with Crippen molar-refractivity contribution in [1.82, 2.24) is 4.90 Å². The summed E-state index contributed by atoms with van der Waals surface area (Å²) in [5.41, 5.74) is -0.0444. The Morgan fingerprint density at radius 2 is 1.62 bits per heavy atom. The Morgan fingerprint density at radius 1 is 1.06 bits per heavy atom. The second kappa shape index (κ2) is 8.08. The monoisotopic (exact) mass is 229 g/mol. The molecule has 2 atom stereocenters. The van der Waals surface area contributed by atoms with Crippen molar-refractivity contribution < 1.29 is 5.11 Å². The number of nitrogens with zero attached hydrogens (tertiary/aromatic N) is 1. The lowest BCUT2D eigenvalue weighted by Gasteiger charge is -2.43. The van der Waals surface area contributed by atoms with E-state index in [2.05, 4.69) is 39.5 Å². The molecular formula is C14H31NO. The molecule has 0 fully saturated rings. The van der Waals surface area contributed by atoms with Crippen LogP contribution in [0.3, 0.4) is 0 Å². The van der Waals surface area contributed by atoms with Crippen molar-refractivity contribution in [3.63, 3.8) is 0 Å². The fourth-order valence-electron chi connectivity index (χ4n) is 2.51. The molecule has 0 aromatic heterocycles. The van der Waals surface area contributed by atoms with Crippen LogP contribution in [0.25, 0.3) is 0 Å². The molecule has 98 valence electrons. The summed E-state index contributed by atoms with van der Waals surface area (Å²) in [4.78, 5) is 2.39. The van der Waals surface area contributed by atoms with Crippen LogP contribution in [0.1, 0.15) is 66.7 Å². The first-order valence-electron chi connectivity index (χ1n) is 6.99. The third kappa shape index (κ3) is 4.06. The van der Waals surface area contributed by atoms with Gasteiger partial charge in [-0.1, -0.05) is 47.0 Å². The highest BCUT2D eigenvalue weighted by Crippen LogP contribution is 2.26. The molecule has 0 aromatic rings. The van der Waals surface area contributed by atoms with Crippen molar-refractivity contribution in [1.29, 1.82) is 0 Å². The number of rotatable bonds is 9. The average Bonchev–Trinajstić information content (AvgIpc) is 2.30. The summed E-state index contributed by atoms with van der Waals surface area (Å²) >= 11 is 0. The van der Waals surface area contributed by atoms with E-state index < -0.39 is 0 Å². The molecule has 0 rings (SSSR count). The zero-order valence-electron chi connectivity index (χ0n) is 11.9. The quantitative estimate of drug-likeness (QED) is 0.612. The zero-order valence-corrected chi connectivity index (χ0v) is 11.9. The SMILES string of the molecule is CCCCCC(O)C(C)(CC)N(CC)CC. The summed E-state index contributed by atoms with van der Waals surface area (Å²) < 4.78 is 0. The Morgan fingerprint density at radius 3 is 2.00 bits per heavy atom. The topological polar surface area (TPSA) is 23.5 Å². The third-order valence-corrected chi connectivity index (χ3v) is 4.00. The molecule has 0 radical (unpaired) electrons. The summed E-state index contributed by atoms with van der Waals surface area (Å²) in [6.45, 7) is 13.0. The van der Waals surface area contributed by atoms with Crippen LogP contribution in [0.5, 0.6) is 0 Å². The number of hydrogen-bond donors (Lipinski definition) is 1. The van der Waals surface area contributed by atoms with Gasteiger partial charge in [-0.15, -0.1) is 0 Å². The van der Waals surface area contributed by atoms with Gasteiger partial charge in [-0.3, -0.25) is 4.90 Å². The number of aliphatic hydroxyl groups excluding tert-OH is 1. The summed E-state index contributed by atoms with van der Waals surface area (Å²) in [6.07, 6.45) is 5.37. The predicted octanol–water partition coefficient (Wildman–Crippen LogP) is 3.44. The molecule has 2 heteroatoms. The molecule has 1 N–H and O–H groups in total. The van der Waals surface area contributed by atoms with Gasteiger partial charge in [0.15, 0.2) is 0 Å². The maximum atomic E-state index is 10.4. The molecule has 0 aliphatic rings. The van der Waals surface area contributed by atoms with E-state index in [1.807, 2.05) is 0 Å². The molecule has 0 amide bonds. The molecule has 0 aliphatic heterocycles. The van der Waals surface area contributed by atoms with Crippen LogP contribution in [0, 0.1) is 0 Å². The van der Waals surface area contributed by atoms with Crippen molar-refractivity contribution in [2.75, 3.05) is 13.1 Å². The van der Waals surface area contributed by atoms with Crippen molar-refractivity contribution >= 4 is 0 Å². The lowest BCUT2D eigenvalue weighted by Crippen LogP contribution is -2.54. The van der Waals surface area contributed by atoms with Gasteiger partial charge in [-0.25, -0.2) is 0 Å². The molecule has 2 unspecified atom stereocenters. The van der Waals surface area contributed by atoms with Gasteiger partial charge in [0.05, 0.1) is 6.10 Å². The van der Waals surface area contributed by atoms with E-state index in [0.29, 0.717) is 0 Å². The Balaban J connectivity index is 4.41. The van der Waals surface area contributed by atoms with Gasteiger partial charge in [0.2, 0.25) is 0 Å². The summed E-state index contributed by atoms with van der Waals surface area (Å²) in [5.74, 6) is 0. The van der Waals surface area contributed by atoms with E-state index in [-0.39, 0.29) is 11.6 Å². The average molecular weight is 229 g/mol. The molecule has 0 bridgehead atoms. The van der Waals surface area contributed by atoms with Gasteiger partial charge in [0.1, 0.15) is 0 Å². The first-order valence-corrected chi connectivity index (χ1v) is 6.99. The predicted molar refractivity (Wildman–Crippen MR) is 71.8 cm³/mol. The fourth-order valence-corrected chi connectivity index (χ4v) is 2.51. The molecule has 0 aromatic carbocycles. The lowest BCUT2D eigenvalue weighted by molar-refractivity contribution is -0.0247. The van der Waals surface area contributed by atoms with Gasteiger partial charge in [0, 0.05) is 5.54 Å². The number of likely N-dealkylation sites (N-methyl/N-ethyl adjacent to an activating group) is 1. The normalized spacial score (nSPS) is 17.4. The van der Waals surface area contributed by atoms with Crippen LogP contribution in [-0.2, 0) is 0 Å². The zero-order chi connectivity index (χ0) is 12.6. The highest BCUT2D eigenvalue weighted by molar-refractivity contribution is 4.91. The van der Waals surface area contributed by atoms with Crippen molar-refractivity contribution in [3.05, 3.63) is 0 Å². The minimum absolute atomic E-state index is 0.0444. The van der Waals surface area contributed by atoms with Gasteiger partial charge >= 0.3 is 0 Å². The lowest BCUT2D eigenvalue weighted by atomic mass is 9.86. The summed E-state index contributed by atoms with van der Waals surface area (Å²) in [5, 5.41) is 10.4. The largest absolute Gasteiger partial charge is 0.391 e. The van der Waals surface area contributed by atoms with E-state index in [1.54, 1.807) is 0 Å². The minimum atomic E-state index is -0.191. The number of aliphatic hydroxyl groups is 1. The van der Waals surface area contributed by atoms with Crippen LogP contribution in [0.15, 0.2) is 0 Å². The summed E-state index contributed by atoms with van der Waals surface area (Å²) in [6, 6.07) is 0. The van der Waals surface area contributed by atoms with E-state index in [4.69, 9.17) is 0 Å². The highest BCUT2D eigenvalue weighted by atomic mass is 16.3. The molecule has 0 saturated carbocycles. The minimum Gasteiger partial charge on any atom is -0.391 e. The smallest absolute Gasteiger partial charge is 0.0721 e. The number of hydrogen-bond acceptors (Lipinski definition) is 2. The van der Waals surface area contributed by atoms with Crippen LogP contribution < -0.4 is 0 Å². The van der Waals surface area contributed by atoms with E-state index in [9.17, 15) is 5.11 Å². The van der Waals surface area contributed by atoms with E-state index >= 15 is 0 Å². The number of unbranched alkanes of at least 4 members (excludes halogenated alkanes) is 2. The van der Waals surface area contributed by atoms with Gasteiger partial charge in [0.25, 0.3) is 0 Å². The van der Waals surface area contributed by atoms with Gasteiger partial charge < -0.3 is 5.11 Å². The van der Waals surface area contributed by atoms with Gasteiger partial charge in [-0.2, -0.15) is 0 Å². The maximum Gasteiger partial charge on any atom is 0.0721 e. The molecule has 0 saturated heterocycles. The first kappa shape index (κ1) is 15.9. The maximum absolute atomic E-state index is 10.4. The van der Waals surface area contributed by atoms with Crippen molar-refractivity contribution in [3.8, 4) is 0 Å². The second-order valence-electron chi connectivity index (χ2n) is 4.89. The molecular weight excluding hydrogens is 198 g/mol. The van der Waals surface area contributed by atoms with E-state index in [1.165, 1.54) is 12.8 Å². The molecule has 0 spiro atoms. The third-order valence-electron chi connectivity index (χ3n) is 4.00. The Labute approximate surface area is 102 Å². The molecule has 0 aliphatic carbocycles. The Hall–Kier alpha value is -0.0800. The standard InChI is InChI=1S/C14H31NO/c1-6-10-11-12-13(16)14(5,7-2)15(8-3)9-4/h13,16H,6-12H2,1-5H3. The molecule has 0 heterocycles. The van der Waals surface area contributed by atoms with E-state index in [0.717, 1.165) is 32.4 Å². The Kier molecular flexibility index (Phi) is 8.04. The van der Waals surface area contributed by atoms with Crippen molar-refractivity contribution in [2.45, 2.75) is 78.4 Å². The first-order chi connectivity index (χ1) is 7.56. The van der Waals surface area contributed by atoms with Crippen LogP contribution in [0.4, 0.5) is 0 Å². The fraction of sp³-hybridized carbons (Fsp3) is 1.00. The summed E-state index contributed by atoms with van der Waals surface area (Å²) in [7, 11) is 0. The highest BCUT2D eigenvalue weighted by Gasteiger charge is 2.35. The van der Waals surface area contributed by atoms with Crippen molar-refractivity contribution in [2.24, 2.45) is 0 Å². The van der Waals surface area contributed by atoms with Crippen LogP contribution in [-0.4, -0.2) is 34.7 Å². The second-order valence-corrected chi connectivity index (χ2v) is 4.89.